The molecule has 3 heterocycles. The van der Waals surface area contributed by atoms with Gasteiger partial charge in [-0.25, -0.2) is 9.97 Å². The maximum absolute atomic E-state index is 12.6. The van der Waals surface area contributed by atoms with Gasteiger partial charge < -0.3 is 19.6 Å². The van der Waals surface area contributed by atoms with E-state index in [1.54, 1.807) is 33.9 Å². The normalized spacial score (nSPS) is 18.3. The molecule has 3 amide bonds. The van der Waals surface area contributed by atoms with Crippen LogP contribution in [0.4, 0.5) is 5.95 Å². The lowest BCUT2D eigenvalue weighted by Crippen LogP contribution is -2.49. The van der Waals surface area contributed by atoms with E-state index in [2.05, 4.69) is 9.97 Å². The Labute approximate surface area is 146 Å². The van der Waals surface area contributed by atoms with Gasteiger partial charge in [-0.05, 0) is 6.07 Å². The zero-order chi connectivity index (χ0) is 17.8. The van der Waals surface area contributed by atoms with Crippen molar-refractivity contribution in [2.45, 2.75) is 6.92 Å². The average molecular weight is 346 g/mol. The fourth-order valence-corrected chi connectivity index (χ4v) is 3.03. The van der Waals surface area contributed by atoms with Crippen molar-refractivity contribution in [1.82, 2.24) is 24.7 Å². The molecule has 0 unspecified atom stereocenters. The second-order valence-corrected chi connectivity index (χ2v) is 6.17. The Balaban J connectivity index is 1.64. The van der Waals surface area contributed by atoms with Crippen molar-refractivity contribution in [3.8, 4) is 0 Å². The Bertz CT molecular complexity index is 651. The Hall–Kier alpha value is -2.71. The summed E-state index contributed by atoms with van der Waals surface area (Å²) in [5.41, 5.74) is 0.360. The third-order valence-corrected chi connectivity index (χ3v) is 4.62. The summed E-state index contributed by atoms with van der Waals surface area (Å²) in [4.78, 5) is 50.6. The molecule has 134 valence electrons. The molecular formula is C16H22N6O3. The van der Waals surface area contributed by atoms with E-state index in [1.165, 1.54) is 0 Å². The van der Waals surface area contributed by atoms with Crippen molar-refractivity contribution in [3.05, 3.63) is 18.0 Å². The van der Waals surface area contributed by atoms with E-state index in [4.69, 9.17) is 0 Å². The Kier molecular flexibility index (Phi) is 5.11. The minimum Gasteiger partial charge on any atom is -0.342 e. The fourth-order valence-electron chi connectivity index (χ4n) is 3.03. The molecule has 0 N–H and O–H groups in total. The second kappa shape index (κ2) is 7.45. The maximum atomic E-state index is 12.6. The molecule has 0 saturated carbocycles. The smallest absolute Gasteiger partial charge is 0.272 e. The average Bonchev–Trinajstić information content (AvgIpc) is 2.67. The number of hydrogen-bond acceptors (Lipinski definition) is 6. The second-order valence-electron chi connectivity index (χ2n) is 6.17. The summed E-state index contributed by atoms with van der Waals surface area (Å²) in [6, 6.07) is 1.61. The molecule has 2 saturated heterocycles. The highest BCUT2D eigenvalue weighted by Crippen LogP contribution is 2.13. The Morgan fingerprint density at radius 1 is 1.00 bits per heavy atom. The lowest BCUT2D eigenvalue weighted by Gasteiger charge is -2.34. The number of anilines is 1. The number of aromatic nitrogens is 2. The summed E-state index contributed by atoms with van der Waals surface area (Å²) in [6.07, 6.45) is 2.40. The standard InChI is InChI=1S/C16H22N6O3/c1-13(24)20-8-10-22(11-9-20)16-17-3-2-14(18-16)15(25)21-6-4-19(12-23)5-7-21/h2-3,12H,4-11H2,1H3. The molecule has 1 aromatic heterocycles. The summed E-state index contributed by atoms with van der Waals surface area (Å²) < 4.78 is 0. The third-order valence-electron chi connectivity index (χ3n) is 4.62. The SMILES string of the molecule is CC(=O)N1CCN(c2nccc(C(=O)N3CCN(C=O)CC3)n2)CC1. The van der Waals surface area contributed by atoms with Crippen LogP contribution in [-0.4, -0.2) is 95.3 Å². The van der Waals surface area contributed by atoms with E-state index in [0.717, 1.165) is 6.41 Å². The fraction of sp³-hybridized carbons (Fsp3) is 0.562. The lowest BCUT2D eigenvalue weighted by molar-refractivity contribution is -0.129. The molecule has 9 heteroatoms. The number of carbonyl (C=O) groups is 3. The summed E-state index contributed by atoms with van der Waals surface area (Å²) >= 11 is 0. The van der Waals surface area contributed by atoms with Crippen molar-refractivity contribution < 1.29 is 14.4 Å². The predicted octanol–water partition coefficient (Wildman–Crippen LogP) is -0.941. The van der Waals surface area contributed by atoms with Gasteiger partial charge in [0.25, 0.3) is 5.91 Å². The topological polar surface area (TPSA) is 90.0 Å². The quantitative estimate of drug-likeness (QED) is 0.656. The number of amides is 3. The van der Waals surface area contributed by atoms with Crippen LogP contribution in [-0.2, 0) is 9.59 Å². The van der Waals surface area contributed by atoms with Crippen molar-refractivity contribution in [2.75, 3.05) is 57.3 Å². The van der Waals surface area contributed by atoms with E-state index in [1.807, 2.05) is 4.90 Å². The number of carbonyl (C=O) groups excluding carboxylic acids is 3. The Morgan fingerprint density at radius 3 is 2.24 bits per heavy atom. The molecule has 1 aromatic rings. The van der Waals surface area contributed by atoms with Crippen LogP contribution in [0, 0.1) is 0 Å². The van der Waals surface area contributed by atoms with E-state index in [0.29, 0.717) is 64.0 Å². The minimum atomic E-state index is -0.142. The van der Waals surface area contributed by atoms with Gasteiger partial charge in [-0.15, -0.1) is 0 Å². The zero-order valence-corrected chi connectivity index (χ0v) is 14.3. The van der Waals surface area contributed by atoms with Crippen LogP contribution >= 0.6 is 0 Å². The largest absolute Gasteiger partial charge is 0.342 e. The van der Waals surface area contributed by atoms with Crippen LogP contribution in [0.2, 0.25) is 0 Å². The first-order valence-corrected chi connectivity index (χ1v) is 8.40. The molecule has 3 rings (SSSR count). The van der Waals surface area contributed by atoms with E-state index >= 15 is 0 Å². The van der Waals surface area contributed by atoms with Crippen LogP contribution in [0.15, 0.2) is 12.3 Å². The molecule has 2 aliphatic heterocycles. The van der Waals surface area contributed by atoms with Gasteiger partial charge in [0, 0.05) is 65.5 Å². The molecule has 0 radical (unpaired) electrons. The zero-order valence-electron chi connectivity index (χ0n) is 14.3. The summed E-state index contributed by atoms with van der Waals surface area (Å²) in [6.45, 7) is 6.22. The lowest BCUT2D eigenvalue weighted by atomic mass is 10.2. The summed E-state index contributed by atoms with van der Waals surface area (Å²) in [7, 11) is 0. The summed E-state index contributed by atoms with van der Waals surface area (Å²) in [5.74, 6) is 0.441. The monoisotopic (exact) mass is 346 g/mol. The van der Waals surface area contributed by atoms with Crippen molar-refractivity contribution in [3.63, 3.8) is 0 Å². The highest BCUT2D eigenvalue weighted by molar-refractivity contribution is 5.92. The van der Waals surface area contributed by atoms with E-state index in [9.17, 15) is 14.4 Å². The maximum Gasteiger partial charge on any atom is 0.272 e. The first-order chi connectivity index (χ1) is 12.1. The van der Waals surface area contributed by atoms with E-state index in [-0.39, 0.29) is 11.8 Å². The van der Waals surface area contributed by atoms with Crippen molar-refractivity contribution in [1.29, 1.82) is 0 Å². The summed E-state index contributed by atoms with van der Waals surface area (Å²) in [5, 5.41) is 0. The highest BCUT2D eigenvalue weighted by atomic mass is 16.2. The van der Waals surface area contributed by atoms with Crippen molar-refractivity contribution in [2.24, 2.45) is 0 Å². The molecular weight excluding hydrogens is 324 g/mol. The van der Waals surface area contributed by atoms with Crippen LogP contribution in [0.1, 0.15) is 17.4 Å². The van der Waals surface area contributed by atoms with Gasteiger partial charge in [0.1, 0.15) is 5.69 Å². The molecule has 0 aliphatic carbocycles. The Morgan fingerprint density at radius 2 is 1.64 bits per heavy atom. The van der Waals surface area contributed by atoms with E-state index < -0.39 is 0 Å². The van der Waals surface area contributed by atoms with Gasteiger partial charge in [0.15, 0.2) is 0 Å². The first-order valence-electron chi connectivity index (χ1n) is 8.40. The number of piperazine rings is 2. The number of hydrogen-bond donors (Lipinski definition) is 0. The molecule has 0 aromatic carbocycles. The number of rotatable bonds is 3. The molecule has 0 bridgehead atoms. The predicted molar refractivity (Wildman–Crippen MR) is 90.0 cm³/mol. The van der Waals surface area contributed by atoms with Crippen LogP contribution in [0.5, 0.6) is 0 Å². The van der Waals surface area contributed by atoms with Gasteiger partial charge in [-0.3, -0.25) is 14.4 Å². The van der Waals surface area contributed by atoms with Crippen LogP contribution < -0.4 is 4.90 Å². The minimum absolute atomic E-state index is 0.0685. The highest BCUT2D eigenvalue weighted by Gasteiger charge is 2.24. The van der Waals surface area contributed by atoms with Gasteiger partial charge in [-0.1, -0.05) is 0 Å². The van der Waals surface area contributed by atoms with Gasteiger partial charge >= 0.3 is 0 Å². The van der Waals surface area contributed by atoms with Gasteiger partial charge in [0.05, 0.1) is 0 Å². The molecule has 25 heavy (non-hydrogen) atoms. The van der Waals surface area contributed by atoms with Gasteiger partial charge in [-0.2, -0.15) is 0 Å². The van der Waals surface area contributed by atoms with Crippen LogP contribution in [0.3, 0.4) is 0 Å². The number of nitrogens with zero attached hydrogens (tertiary/aromatic N) is 6. The first kappa shape index (κ1) is 17.1. The van der Waals surface area contributed by atoms with Gasteiger partial charge in [0.2, 0.25) is 18.3 Å². The molecule has 2 aliphatic rings. The molecule has 2 fully saturated rings. The van der Waals surface area contributed by atoms with Crippen LogP contribution in [0.25, 0.3) is 0 Å². The third kappa shape index (κ3) is 3.86. The molecule has 9 nitrogen and oxygen atoms in total. The van der Waals surface area contributed by atoms with Crippen molar-refractivity contribution >= 4 is 24.2 Å². The molecule has 0 spiro atoms. The molecule has 0 atom stereocenters.